The molecule has 1 aliphatic rings. The standard InChI is InChI=1S/C10H11N3OS/c1-7(14)13-9(15-10(11)12-13)8-5-3-2-4-6-8/h2-6,9H,1H3,(H2,11,12). The van der Waals surface area contributed by atoms with Crippen LogP contribution in [0.15, 0.2) is 35.4 Å². The number of carbonyl (C=O) groups excluding carboxylic acids is 1. The Hall–Kier alpha value is -1.49. The summed E-state index contributed by atoms with van der Waals surface area (Å²) in [5.74, 6) is -0.100. The van der Waals surface area contributed by atoms with Crippen molar-refractivity contribution in [3.63, 3.8) is 0 Å². The van der Waals surface area contributed by atoms with Crippen molar-refractivity contribution in [2.75, 3.05) is 0 Å². The van der Waals surface area contributed by atoms with E-state index in [0.717, 1.165) is 5.56 Å². The highest BCUT2D eigenvalue weighted by atomic mass is 32.2. The van der Waals surface area contributed by atoms with Gasteiger partial charge in [0.1, 0.15) is 5.37 Å². The molecule has 1 amide bonds. The highest BCUT2D eigenvalue weighted by Gasteiger charge is 2.30. The maximum atomic E-state index is 11.3. The summed E-state index contributed by atoms with van der Waals surface area (Å²) in [4.78, 5) is 11.3. The molecule has 2 rings (SSSR count). The molecule has 1 atom stereocenters. The molecule has 15 heavy (non-hydrogen) atoms. The number of thioether (sulfide) groups is 1. The number of rotatable bonds is 1. The van der Waals surface area contributed by atoms with Gasteiger partial charge in [0.15, 0.2) is 5.17 Å². The fourth-order valence-electron chi connectivity index (χ4n) is 1.41. The highest BCUT2D eigenvalue weighted by Crippen LogP contribution is 2.37. The molecule has 0 aliphatic carbocycles. The fraction of sp³-hybridized carbons (Fsp3) is 0.200. The van der Waals surface area contributed by atoms with E-state index in [1.54, 1.807) is 0 Å². The van der Waals surface area contributed by atoms with Crippen LogP contribution in [0.1, 0.15) is 17.9 Å². The third-order valence-corrected chi connectivity index (χ3v) is 3.09. The van der Waals surface area contributed by atoms with Crippen LogP contribution in [0.4, 0.5) is 0 Å². The Bertz CT molecular complexity index is 404. The number of benzene rings is 1. The van der Waals surface area contributed by atoms with E-state index in [1.165, 1.54) is 23.7 Å². The molecule has 0 aromatic heterocycles. The van der Waals surface area contributed by atoms with E-state index in [4.69, 9.17) is 5.73 Å². The van der Waals surface area contributed by atoms with Crippen LogP contribution in [0.3, 0.4) is 0 Å². The van der Waals surface area contributed by atoms with Crippen molar-refractivity contribution in [3.05, 3.63) is 35.9 Å². The lowest BCUT2D eigenvalue weighted by molar-refractivity contribution is -0.129. The second kappa shape index (κ2) is 3.94. The summed E-state index contributed by atoms with van der Waals surface area (Å²) < 4.78 is 0. The first kappa shape index (κ1) is 10.0. The molecule has 5 heteroatoms. The Balaban J connectivity index is 2.28. The van der Waals surface area contributed by atoms with Crippen molar-refractivity contribution in [2.45, 2.75) is 12.3 Å². The molecule has 1 aromatic rings. The van der Waals surface area contributed by atoms with Crippen molar-refractivity contribution in [3.8, 4) is 0 Å². The van der Waals surface area contributed by atoms with E-state index in [1.807, 2.05) is 30.3 Å². The molecule has 2 N–H and O–H groups in total. The summed E-state index contributed by atoms with van der Waals surface area (Å²) in [6.45, 7) is 1.48. The number of nitrogens with zero attached hydrogens (tertiary/aromatic N) is 2. The van der Waals surface area contributed by atoms with Crippen LogP contribution >= 0.6 is 11.8 Å². The smallest absolute Gasteiger partial charge is 0.241 e. The van der Waals surface area contributed by atoms with Crippen LogP contribution in [-0.2, 0) is 4.79 Å². The number of hydrazone groups is 1. The molecule has 0 bridgehead atoms. The molecule has 0 fully saturated rings. The predicted molar refractivity (Wildman–Crippen MR) is 60.9 cm³/mol. The SMILES string of the molecule is CC(=O)N1N=C(N)SC1c1ccccc1. The first-order chi connectivity index (χ1) is 7.18. The van der Waals surface area contributed by atoms with Gasteiger partial charge in [-0.05, 0) is 5.56 Å². The molecule has 1 aromatic carbocycles. The van der Waals surface area contributed by atoms with Crippen molar-refractivity contribution < 1.29 is 4.79 Å². The quantitative estimate of drug-likeness (QED) is 0.782. The maximum Gasteiger partial charge on any atom is 0.241 e. The second-order valence-electron chi connectivity index (χ2n) is 3.18. The minimum Gasteiger partial charge on any atom is -0.377 e. The molecular weight excluding hydrogens is 210 g/mol. The summed E-state index contributed by atoms with van der Waals surface area (Å²) in [7, 11) is 0. The Morgan fingerprint density at radius 3 is 2.73 bits per heavy atom. The normalized spacial score (nSPS) is 20.2. The molecule has 4 nitrogen and oxygen atoms in total. The number of nitrogens with two attached hydrogens (primary N) is 1. The predicted octanol–water partition coefficient (Wildman–Crippen LogP) is 1.51. The minimum absolute atomic E-state index is 0.100. The maximum absolute atomic E-state index is 11.3. The van der Waals surface area contributed by atoms with Crippen LogP contribution in [0.25, 0.3) is 0 Å². The van der Waals surface area contributed by atoms with Crippen LogP contribution < -0.4 is 5.73 Å². The molecule has 0 saturated heterocycles. The molecular formula is C10H11N3OS. The van der Waals surface area contributed by atoms with Gasteiger partial charge in [0.2, 0.25) is 5.91 Å². The largest absolute Gasteiger partial charge is 0.377 e. The molecule has 1 aliphatic heterocycles. The molecule has 0 spiro atoms. The zero-order valence-electron chi connectivity index (χ0n) is 8.25. The van der Waals surface area contributed by atoms with Crippen LogP contribution in [-0.4, -0.2) is 16.1 Å². The summed E-state index contributed by atoms with van der Waals surface area (Å²) in [6, 6.07) is 9.72. The van der Waals surface area contributed by atoms with Crippen molar-refractivity contribution in [1.29, 1.82) is 0 Å². The highest BCUT2D eigenvalue weighted by molar-refractivity contribution is 8.14. The Morgan fingerprint density at radius 1 is 1.47 bits per heavy atom. The molecule has 1 unspecified atom stereocenters. The third kappa shape index (κ3) is 1.97. The van der Waals surface area contributed by atoms with Gasteiger partial charge >= 0.3 is 0 Å². The van der Waals surface area contributed by atoms with Crippen LogP contribution in [0.2, 0.25) is 0 Å². The lowest BCUT2D eigenvalue weighted by Gasteiger charge is -2.18. The van der Waals surface area contributed by atoms with Gasteiger partial charge in [0.25, 0.3) is 0 Å². The first-order valence-electron chi connectivity index (χ1n) is 4.54. The third-order valence-electron chi connectivity index (χ3n) is 2.07. The zero-order chi connectivity index (χ0) is 10.8. The lowest BCUT2D eigenvalue weighted by Crippen LogP contribution is -2.22. The Kier molecular flexibility index (Phi) is 2.64. The van der Waals surface area contributed by atoms with E-state index in [9.17, 15) is 4.79 Å². The van der Waals surface area contributed by atoms with E-state index in [0.29, 0.717) is 5.17 Å². The van der Waals surface area contributed by atoms with Crippen molar-refractivity contribution >= 4 is 22.8 Å². The van der Waals surface area contributed by atoms with Crippen LogP contribution in [0.5, 0.6) is 0 Å². The summed E-state index contributed by atoms with van der Waals surface area (Å²) in [6.07, 6.45) is 0. The van der Waals surface area contributed by atoms with Gasteiger partial charge in [-0.25, -0.2) is 5.01 Å². The first-order valence-corrected chi connectivity index (χ1v) is 5.42. The number of hydrogen-bond acceptors (Lipinski definition) is 4. The Labute approximate surface area is 92.1 Å². The van der Waals surface area contributed by atoms with Gasteiger partial charge < -0.3 is 5.73 Å². The van der Waals surface area contributed by atoms with Gasteiger partial charge in [-0.15, -0.1) is 5.10 Å². The number of hydrogen-bond donors (Lipinski definition) is 1. The molecule has 0 radical (unpaired) electrons. The van der Waals surface area contributed by atoms with E-state index in [2.05, 4.69) is 5.10 Å². The van der Waals surface area contributed by atoms with Gasteiger partial charge in [-0.3, -0.25) is 4.79 Å². The van der Waals surface area contributed by atoms with Gasteiger partial charge in [0, 0.05) is 6.92 Å². The topological polar surface area (TPSA) is 58.7 Å². The summed E-state index contributed by atoms with van der Waals surface area (Å²) in [5, 5.41) is 5.71. The zero-order valence-corrected chi connectivity index (χ0v) is 9.07. The van der Waals surface area contributed by atoms with Gasteiger partial charge in [-0.1, -0.05) is 42.1 Å². The van der Waals surface area contributed by atoms with Crippen LogP contribution in [0, 0.1) is 0 Å². The number of amides is 1. The second-order valence-corrected chi connectivity index (χ2v) is 4.28. The van der Waals surface area contributed by atoms with Gasteiger partial charge in [-0.2, -0.15) is 0 Å². The Morgan fingerprint density at radius 2 is 2.13 bits per heavy atom. The summed E-state index contributed by atoms with van der Waals surface area (Å²) >= 11 is 1.39. The number of carbonyl (C=O) groups is 1. The average molecular weight is 221 g/mol. The molecule has 78 valence electrons. The monoisotopic (exact) mass is 221 g/mol. The van der Waals surface area contributed by atoms with Crippen molar-refractivity contribution in [1.82, 2.24) is 5.01 Å². The van der Waals surface area contributed by atoms with Crippen molar-refractivity contribution in [2.24, 2.45) is 10.8 Å². The van der Waals surface area contributed by atoms with E-state index in [-0.39, 0.29) is 11.3 Å². The average Bonchev–Trinajstić information content (AvgIpc) is 2.62. The van der Waals surface area contributed by atoms with Gasteiger partial charge in [0.05, 0.1) is 0 Å². The molecule has 0 saturated carbocycles. The summed E-state index contributed by atoms with van der Waals surface area (Å²) in [5.41, 5.74) is 6.64. The minimum atomic E-state index is -0.122. The lowest BCUT2D eigenvalue weighted by atomic mass is 10.2. The number of amidine groups is 1. The molecule has 1 heterocycles. The fourth-order valence-corrected chi connectivity index (χ4v) is 2.36. The van der Waals surface area contributed by atoms with E-state index < -0.39 is 0 Å². The van der Waals surface area contributed by atoms with E-state index >= 15 is 0 Å².